The van der Waals surface area contributed by atoms with E-state index in [1.54, 1.807) is 0 Å². The standard InChI is InChI=1S/C52H30O2/c1-2-14-31(15-3-1)32-26-27-40(34-17-5-4-16-33(32)34)48-36-19-6-8-21-38(36)49(39-22-9-7-20-37(39)48)45-30-44-41(50-43-23-11-13-25-47(43)54-52(45)50)28-29-42-35-18-10-12-24-46(35)53-51(42)44/h1-30H. The van der Waals surface area contributed by atoms with Gasteiger partial charge in [0.05, 0.1) is 0 Å². The van der Waals surface area contributed by atoms with Crippen molar-refractivity contribution in [3.63, 3.8) is 0 Å². The normalized spacial score (nSPS) is 12.1. The summed E-state index contributed by atoms with van der Waals surface area (Å²) in [5, 5.41) is 13.9. The molecule has 0 N–H and O–H groups in total. The molecule has 0 amide bonds. The van der Waals surface area contributed by atoms with E-state index in [0.717, 1.165) is 65.8 Å². The Morgan fingerprint density at radius 1 is 0.259 bits per heavy atom. The number of para-hydroxylation sites is 2. The van der Waals surface area contributed by atoms with E-state index in [0.29, 0.717) is 0 Å². The van der Waals surface area contributed by atoms with Gasteiger partial charge >= 0.3 is 0 Å². The minimum Gasteiger partial charge on any atom is -0.455 e. The van der Waals surface area contributed by atoms with Crippen molar-refractivity contribution < 1.29 is 8.83 Å². The molecule has 2 heteroatoms. The van der Waals surface area contributed by atoms with E-state index in [2.05, 4.69) is 176 Å². The first kappa shape index (κ1) is 29.4. The summed E-state index contributed by atoms with van der Waals surface area (Å²) in [5.74, 6) is 0. The summed E-state index contributed by atoms with van der Waals surface area (Å²) in [6.45, 7) is 0. The summed E-state index contributed by atoms with van der Waals surface area (Å²) in [7, 11) is 0. The lowest BCUT2D eigenvalue weighted by atomic mass is 9.83. The molecular formula is C52H30O2. The second-order valence-electron chi connectivity index (χ2n) is 14.3. The predicted octanol–water partition coefficient (Wildman–Crippen LogP) is 15.1. The molecule has 2 heterocycles. The van der Waals surface area contributed by atoms with Crippen molar-refractivity contribution in [1.29, 1.82) is 0 Å². The number of benzene rings is 10. The highest BCUT2D eigenvalue weighted by Gasteiger charge is 2.24. The van der Waals surface area contributed by atoms with Crippen LogP contribution >= 0.6 is 0 Å². The summed E-state index contributed by atoms with van der Waals surface area (Å²) in [6.07, 6.45) is 0. The second kappa shape index (κ2) is 11.2. The van der Waals surface area contributed by atoms with Gasteiger partial charge in [-0.3, -0.25) is 0 Å². The van der Waals surface area contributed by atoms with Crippen LogP contribution in [0.4, 0.5) is 0 Å². The summed E-state index contributed by atoms with van der Waals surface area (Å²) in [5.41, 5.74) is 10.7. The number of furan rings is 2. The van der Waals surface area contributed by atoms with Crippen molar-refractivity contribution in [3.05, 3.63) is 182 Å². The summed E-state index contributed by atoms with van der Waals surface area (Å²) >= 11 is 0. The van der Waals surface area contributed by atoms with Gasteiger partial charge in [-0.2, -0.15) is 0 Å². The van der Waals surface area contributed by atoms with Crippen LogP contribution < -0.4 is 0 Å². The third-order valence-corrected chi connectivity index (χ3v) is 11.5. The van der Waals surface area contributed by atoms with Gasteiger partial charge in [-0.05, 0) is 84.2 Å². The fourth-order valence-corrected chi connectivity index (χ4v) is 9.16. The van der Waals surface area contributed by atoms with Gasteiger partial charge in [0.1, 0.15) is 22.3 Å². The summed E-state index contributed by atoms with van der Waals surface area (Å²) in [6, 6.07) is 65.5. The van der Waals surface area contributed by atoms with Crippen LogP contribution in [0.1, 0.15) is 0 Å². The molecule has 12 rings (SSSR count). The first-order chi connectivity index (χ1) is 26.8. The van der Waals surface area contributed by atoms with Gasteiger partial charge in [0, 0.05) is 38.1 Å². The van der Waals surface area contributed by atoms with Gasteiger partial charge in [0.15, 0.2) is 0 Å². The molecule has 0 aliphatic carbocycles. The van der Waals surface area contributed by atoms with Crippen LogP contribution in [0, 0.1) is 0 Å². The van der Waals surface area contributed by atoms with Crippen LogP contribution in [-0.4, -0.2) is 0 Å². The van der Waals surface area contributed by atoms with E-state index in [4.69, 9.17) is 8.83 Å². The van der Waals surface area contributed by atoms with Gasteiger partial charge in [0.25, 0.3) is 0 Å². The van der Waals surface area contributed by atoms with E-state index in [9.17, 15) is 0 Å². The number of hydrogen-bond donors (Lipinski definition) is 0. The largest absolute Gasteiger partial charge is 0.455 e. The SMILES string of the molecule is c1ccc(-c2ccc(-c3c4ccccc4c(-c4cc5c(ccc6c7ccccc7oc65)c5c4oc4ccccc45)c4ccccc34)c3ccccc23)cc1. The lowest BCUT2D eigenvalue weighted by Crippen LogP contribution is -1.93. The monoisotopic (exact) mass is 686 g/mol. The van der Waals surface area contributed by atoms with Gasteiger partial charge < -0.3 is 8.83 Å². The van der Waals surface area contributed by atoms with E-state index in [-0.39, 0.29) is 0 Å². The summed E-state index contributed by atoms with van der Waals surface area (Å²) in [4.78, 5) is 0. The minimum absolute atomic E-state index is 0.876. The van der Waals surface area contributed by atoms with Gasteiger partial charge in [0.2, 0.25) is 0 Å². The average molecular weight is 687 g/mol. The van der Waals surface area contributed by atoms with Crippen molar-refractivity contribution in [2.75, 3.05) is 0 Å². The summed E-state index contributed by atoms with van der Waals surface area (Å²) < 4.78 is 13.6. The second-order valence-corrected chi connectivity index (χ2v) is 14.3. The molecular weight excluding hydrogens is 657 g/mol. The average Bonchev–Trinajstić information content (AvgIpc) is 3.82. The molecule has 0 fully saturated rings. The molecule has 0 aliphatic rings. The van der Waals surface area contributed by atoms with Crippen LogP contribution in [0.25, 0.3) is 120 Å². The Hall–Kier alpha value is -7.16. The predicted molar refractivity (Wildman–Crippen MR) is 227 cm³/mol. The molecule has 0 unspecified atom stereocenters. The zero-order valence-electron chi connectivity index (χ0n) is 29.1. The van der Waals surface area contributed by atoms with Crippen LogP contribution in [-0.2, 0) is 0 Å². The van der Waals surface area contributed by atoms with Crippen LogP contribution in [0.3, 0.4) is 0 Å². The van der Waals surface area contributed by atoms with Gasteiger partial charge in [-0.15, -0.1) is 0 Å². The number of fused-ring (bicyclic) bond motifs is 12. The van der Waals surface area contributed by atoms with Crippen LogP contribution in [0.5, 0.6) is 0 Å². The van der Waals surface area contributed by atoms with E-state index in [1.165, 1.54) is 54.6 Å². The number of hydrogen-bond acceptors (Lipinski definition) is 2. The molecule has 0 atom stereocenters. The Balaban J connectivity index is 1.24. The lowest BCUT2D eigenvalue weighted by Gasteiger charge is -2.20. The molecule has 54 heavy (non-hydrogen) atoms. The highest BCUT2D eigenvalue weighted by atomic mass is 16.3. The maximum absolute atomic E-state index is 6.91. The quantitative estimate of drug-likeness (QED) is 0.173. The smallest absolute Gasteiger partial charge is 0.143 e. The Bertz CT molecular complexity index is 3430. The molecule has 12 aromatic rings. The van der Waals surface area contributed by atoms with Gasteiger partial charge in [-0.1, -0.05) is 158 Å². The molecule has 2 nitrogen and oxygen atoms in total. The third-order valence-electron chi connectivity index (χ3n) is 11.5. The zero-order valence-corrected chi connectivity index (χ0v) is 29.1. The lowest BCUT2D eigenvalue weighted by molar-refractivity contribution is 0.670. The fourth-order valence-electron chi connectivity index (χ4n) is 9.16. The van der Waals surface area contributed by atoms with Crippen LogP contribution in [0.2, 0.25) is 0 Å². The maximum Gasteiger partial charge on any atom is 0.143 e. The number of rotatable bonds is 3. The topological polar surface area (TPSA) is 26.3 Å². The highest BCUT2D eigenvalue weighted by Crippen LogP contribution is 2.50. The molecule has 0 spiro atoms. The molecule has 10 aromatic carbocycles. The van der Waals surface area contributed by atoms with Crippen LogP contribution in [0.15, 0.2) is 191 Å². The molecule has 250 valence electrons. The van der Waals surface area contributed by atoms with Crippen molar-refractivity contribution in [2.45, 2.75) is 0 Å². The van der Waals surface area contributed by atoms with Crippen molar-refractivity contribution >= 4 is 87.0 Å². The first-order valence-corrected chi connectivity index (χ1v) is 18.5. The van der Waals surface area contributed by atoms with Crippen molar-refractivity contribution in [1.82, 2.24) is 0 Å². The molecule has 2 aromatic heterocycles. The molecule has 0 saturated heterocycles. The molecule has 0 bridgehead atoms. The Kier molecular flexibility index (Phi) is 6.09. The van der Waals surface area contributed by atoms with Crippen molar-refractivity contribution in [3.8, 4) is 33.4 Å². The molecule has 0 radical (unpaired) electrons. The van der Waals surface area contributed by atoms with E-state index < -0.39 is 0 Å². The Morgan fingerprint density at radius 2 is 0.722 bits per heavy atom. The third kappa shape index (κ3) is 4.05. The maximum atomic E-state index is 6.91. The van der Waals surface area contributed by atoms with E-state index >= 15 is 0 Å². The Labute approximate surface area is 310 Å². The zero-order chi connectivity index (χ0) is 35.3. The Morgan fingerprint density at radius 3 is 1.39 bits per heavy atom. The first-order valence-electron chi connectivity index (χ1n) is 18.5. The fraction of sp³-hybridized carbons (Fsp3) is 0. The van der Waals surface area contributed by atoms with Gasteiger partial charge in [-0.25, -0.2) is 0 Å². The van der Waals surface area contributed by atoms with E-state index in [1.807, 2.05) is 6.07 Å². The highest BCUT2D eigenvalue weighted by molar-refractivity contribution is 6.31. The minimum atomic E-state index is 0.876. The molecule has 0 saturated carbocycles. The van der Waals surface area contributed by atoms with Crippen molar-refractivity contribution in [2.24, 2.45) is 0 Å². The molecule has 0 aliphatic heterocycles.